The highest BCUT2D eigenvalue weighted by Crippen LogP contribution is 2.33. The summed E-state index contributed by atoms with van der Waals surface area (Å²) in [6.07, 6.45) is 4.97. The lowest BCUT2D eigenvalue weighted by atomic mass is 9.97. The Kier molecular flexibility index (Phi) is 18.9. The van der Waals surface area contributed by atoms with Crippen LogP contribution in [-0.4, -0.2) is 126 Å². The fourth-order valence-electron chi connectivity index (χ4n) is 8.54. The molecular weight excluding hydrogens is 1080 g/mol. The van der Waals surface area contributed by atoms with Gasteiger partial charge in [-0.05, 0) is 43.5 Å². The molecule has 2 aromatic carbocycles. The number of ketones is 1. The molecular formula is C53H57N11O16S. The fourth-order valence-corrected chi connectivity index (χ4v) is 9.63. The molecule has 0 aliphatic carbocycles. The third-order valence-electron chi connectivity index (χ3n) is 12.5. The summed E-state index contributed by atoms with van der Waals surface area (Å²) < 4.78 is 32.5. The molecule has 1 aliphatic heterocycles. The number of ether oxygens (including phenoxy) is 3. The van der Waals surface area contributed by atoms with Crippen molar-refractivity contribution in [1.29, 1.82) is 0 Å². The monoisotopic (exact) mass is 1140 g/mol. The van der Waals surface area contributed by atoms with Gasteiger partial charge in [0.15, 0.2) is 22.4 Å². The maximum absolute atomic E-state index is 13.9. The molecule has 28 heteroatoms. The minimum Gasteiger partial charge on any atom is -0.494 e. The molecule has 1 aliphatic rings. The number of Topliss-reactive ketones (excluding diaryl/α,β-unsaturated/α-hetero) is 1. The summed E-state index contributed by atoms with van der Waals surface area (Å²) in [4.78, 5) is 146. The van der Waals surface area contributed by atoms with Gasteiger partial charge < -0.3 is 54.1 Å². The number of anilines is 1. The van der Waals surface area contributed by atoms with E-state index in [1.165, 1.54) is 32.2 Å². The molecule has 7 N–H and O–H groups in total. The van der Waals surface area contributed by atoms with Crippen LogP contribution < -0.4 is 36.4 Å². The van der Waals surface area contributed by atoms with E-state index in [9.17, 15) is 53.1 Å². The Balaban J connectivity index is 1.13. The van der Waals surface area contributed by atoms with Crippen LogP contribution in [0.1, 0.15) is 111 Å². The number of imidazole rings is 1. The first-order valence-corrected chi connectivity index (χ1v) is 26.1. The minimum absolute atomic E-state index is 0.000882. The van der Waals surface area contributed by atoms with Crippen molar-refractivity contribution in [3.8, 4) is 11.5 Å². The van der Waals surface area contributed by atoms with Gasteiger partial charge in [0.05, 0.1) is 53.9 Å². The molecule has 6 aromatic rings. The number of carbonyl (C=O) groups is 10. The number of carboxylic acids is 1. The molecule has 426 valence electrons. The number of nitrogens with one attached hydrogen (secondary N) is 2. The van der Waals surface area contributed by atoms with Crippen molar-refractivity contribution in [2.45, 2.75) is 92.3 Å². The van der Waals surface area contributed by atoms with Gasteiger partial charge in [-0.1, -0.05) is 44.3 Å². The van der Waals surface area contributed by atoms with Gasteiger partial charge in [-0.2, -0.15) is 4.99 Å². The molecule has 0 unspecified atom stereocenters. The quantitative estimate of drug-likeness (QED) is 0.0213. The number of benzene rings is 2. The Morgan fingerprint density at radius 2 is 1.44 bits per heavy atom. The normalized spacial score (nSPS) is 13.3. The van der Waals surface area contributed by atoms with Crippen LogP contribution in [0.3, 0.4) is 0 Å². The van der Waals surface area contributed by atoms with Crippen molar-refractivity contribution in [1.82, 2.24) is 34.3 Å². The number of thiazole rings is 1. The zero-order valence-electron chi connectivity index (χ0n) is 44.8. The summed E-state index contributed by atoms with van der Waals surface area (Å²) in [6.45, 7) is 7.23. The third-order valence-corrected chi connectivity index (χ3v) is 13.5. The van der Waals surface area contributed by atoms with Crippen molar-refractivity contribution < 1.29 is 76.1 Å². The van der Waals surface area contributed by atoms with Crippen molar-refractivity contribution in [3.63, 3.8) is 0 Å². The highest BCUT2D eigenvalue weighted by Gasteiger charge is 2.31. The van der Waals surface area contributed by atoms with Gasteiger partial charge in [-0.15, -0.1) is 0 Å². The molecule has 7 rings (SSSR count). The summed E-state index contributed by atoms with van der Waals surface area (Å²) >= 11 is 1.10. The summed E-state index contributed by atoms with van der Waals surface area (Å²) in [7, 11) is 1.42. The van der Waals surface area contributed by atoms with Crippen LogP contribution in [0.4, 0.5) is 5.95 Å². The highest BCUT2D eigenvalue weighted by molar-refractivity contribution is 7.16. The van der Waals surface area contributed by atoms with Crippen LogP contribution in [0, 0.1) is 19.8 Å². The molecule has 4 aromatic heterocycles. The Morgan fingerprint density at radius 3 is 2.07 bits per heavy atom. The van der Waals surface area contributed by atoms with Crippen LogP contribution in [0.15, 0.2) is 62.4 Å². The minimum atomic E-state index is -1.36. The number of allylic oxidation sites excluding steroid dienone is 2. The number of methoxy groups -OCH3 is 1. The molecule has 0 bridgehead atoms. The first-order valence-electron chi connectivity index (χ1n) is 25.3. The van der Waals surface area contributed by atoms with Gasteiger partial charge in [-0.25, -0.2) is 15.0 Å². The van der Waals surface area contributed by atoms with Gasteiger partial charge in [0, 0.05) is 69.5 Å². The highest BCUT2D eigenvalue weighted by atomic mass is 32.1. The van der Waals surface area contributed by atoms with Gasteiger partial charge in [0.1, 0.15) is 29.1 Å². The van der Waals surface area contributed by atoms with Crippen molar-refractivity contribution in [2.24, 2.45) is 22.4 Å². The van der Waals surface area contributed by atoms with Crippen molar-refractivity contribution in [3.05, 3.63) is 99.2 Å². The number of aryl methyl sites for hydroxylation is 4. The molecule has 0 saturated carbocycles. The number of esters is 1. The molecule has 7 amide bonds. The number of hydrogen-bond donors (Lipinski definition) is 5. The Hall–Kier alpha value is -9.60. The number of nitrogens with zero attached hydrogens (tertiary/aromatic N) is 7. The van der Waals surface area contributed by atoms with E-state index < -0.39 is 90.4 Å². The number of aliphatic carboxylic acids is 1. The average Bonchev–Trinajstić information content (AvgIpc) is 4.36. The van der Waals surface area contributed by atoms with Crippen LogP contribution in [0.5, 0.6) is 11.5 Å². The van der Waals surface area contributed by atoms with E-state index in [2.05, 4.69) is 30.6 Å². The summed E-state index contributed by atoms with van der Waals surface area (Å²) in [5.41, 5.74) is 13.3. The predicted molar refractivity (Wildman–Crippen MR) is 286 cm³/mol. The second-order valence-electron chi connectivity index (χ2n) is 18.3. The largest absolute Gasteiger partial charge is 0.494 e. The third kappa shape index (κ3) is 14.0. The van der Waals surface area contributed by atoms with Crippen LogP contribution in [0.2, 0.25) is 0 Å². The van der Waals surface area contributed by atoms with E-state index in [-0.39, 0.29) is 107 Å². The standard InChI is InChI=1S/C53H57N11O16S/c1-7-31-45(79-27(4)56-31)49(73)60-52-59-34-21-29(47(54)71)23-37(77-18-11-19-78-51(75)26(3)20-35(65)33(12-15-42(69)70)58-39(66)25-64-40(67)13-14-41(64)68)43(34)62(52)16-9-10-17-63-44-36(76-6)22-30(48(55)72)24-38(44)81-53(63)61-50(74)46-32(8-2)57-28(5)80-46/h9-10,13-14,21-24,26,33H,7-8,11-12,15-20,25H2,1-6H3,(H2,54,71)(H2,55,72)(H,58,66)(H,69,70)(H,59,60,73)/b10-9+,61-53?/t26-,33+/m1/s1. The maximum Gasteiger partial charge on any atom is 0.317 e. The topological polar surface area (TPSA) is 385 Å². The lowest BCUT2D eigenvalue weighted by Gasteiger charge is -2.20. The van der Waals surface area contributed by atoms with Gasteiger partial charge in [0.25, 0.3) is 17.7 Å². The number of oxazole rings is 2. The number of nitrogens with two attached hydrogens (primary N) is 2. The molecule has 27 nitrogen and oxygen atoms in total. The number of aromatic nitrogens is 5. The molecule has 2 atom stereocenters. The summed E-state index contributed by atoms with van der Waals surface area (Å²) in [6, 6.07) is 4.48. The Morgan fingerprint density at radius 1 is 0.827 bits per heavy atom. The maximum atomic E-state index is 13.9. The first kappa shape index (κ1) is 59.1. The predicted octanol–water partition coefficient (Wildman–Crippen LogP) is 3.41. The van der Waals surface area contributed by atoms with Crippen LogP contribution in [0.25, 0.3) is 21.3 Å². The van der Waals surface area contributed by atoms with E-state index >= 15 is 0 Å². The van der Waals surface area contributed by atoms with Gasteiger partial charge in [-0.3, -0.25) is 58.2 Å². The van der Waals surface area contributed by atoms with E-state index in [1.807, 2.05) is 6.92 Å². The number of primary amides is 2. The number of carbonyl (C=O) groups excluding carboxylic acids is 9. The Bertz CT molecular complexity index is 3640. The zero-order valence-corrected chi connectivity index (χ0v) is 45.6. The zero-order chi connectivity index (χ0) is 58.8. The average molecular weight is 1140 g/mol. The Labute approximate surface area is 464 Å². The van der Waals surface area contributed by atoms with Crippen LogP contribution in [-0.2, 0) is 59.4 Å². The first-order chi connectivity index (χ1) is 38.6. The second-order valence-corrected chi connectivity index (χ2v) is 19.3. The number of hydrogen-bond acceptors (Lipinski definition) is 19. The molecule has 5 heterocycles. The number of carboxylic acid groups (broad SMARTS) is 1. The molecule has 0 fully saturated rings. The van der Waals surface area contributed by atoms with E-state index in [0.29, 0.717) is 39.3 Å². The number of rotatable bonds is 27. The van der Waals surface area contributed by atoms with Crippen LogP contribution >= 0.6 is 11.3 Å². The van der Waals surface area contributed by atoms with Crippen molar-refractivity contribution in [2.75, 3.05) is 32.2 Å². The summed E-state index contributed by atoms with van der Waals surface area (Å²) in [5.74, 6) is -8.23. The van der Waals surface area contributed by atoms with E-state index in [0.717, 1.165) is 23.5 Å². The number of amides is 7. The van der Waals surface area contributed by atoms with Crippen molar-refractivity contribution >= 4 is 97.6 Å². The second kappa shape index (κ2) is 25.9. The molecule has 0 saturated heterocycles. The van der Waals surface area contributed by atoms with E-state index in [1.54, 1.807) is 48.1 Å². The summed E-state index contributed by atoms with van der Waals surface area (Å²) in [5, 5.41) is 14.4. The van der Waals surface area contributed by atoms with Gasteiger partial charge in [0.2, 0.25) is 35.2 Å². The van der Waals surface area contributed by atoms with Gasteiger partial charge >= 0.3 is 17.8 Å². The molecule has 0 radical (unpaired) electrons. The lowest BCUT2D eigenvalue weighted by Crippen LogP contribution is -2.47. The fraction of sp³-hybridized carbons (Fsp3) is 0.358. The van der Waals surface area contributed by atoms with E-state index in [4.69, 9.17) is 34.5 Å². The smallest absolute Gasteiger partial charge is 0.317 e. The molecule has 0 spiro atoms. The molecule has 81 heavy (non-hydrogen) atoms. The number of imide groups is 1. The number of fused-ring (bicyclic) bond motifs is 2. The SMILES string of the molecule is CCc1nc(C)oc1C(=O)N=c1sc2cc(C(N)=O)cc(OC)c2n1C/C=C/Cn1c(NC(=O)c2oc(C)nc2CC)nc2cc(C(N)=O)cc(OCCCOC(=O)[C@H](C)CC(=O)[C@H](CCC(=O)O)NC(=O)CN3C(=O)C=CC3=O)c21. The lowest BCUT2D eigenvalue weighted by molar-refractivity contribution is -0.150.